The summed E-state index contributed by atoms with van der Waals surface area (Å²) in [6.07, 6.45) is 0. The highest BCUT2D eigenvalue weighted by atomic mass is 16.2. The molecule has 0 unspecified atom stereocenters. The first-order valence-corrected chi connectivity index (χ1v) is 10.7. The number of carbonyl (C=O) groups is 1. The molecule has 164 valence electrons. The van der Waals surface area contributed by atoms with Gasteiger partial charge in [-0.15, -0.1) is 0 Å². The van der Waals surface area contributed by atoms with Crippen LogP contribution in [-0.2, 0) is 4.79 Å². The highest BCUT2D eigenvalue weighted by Gasteiger charge is 2.26. The maximum absolute atomic E-state index is 12.8. The second kappa shape index (κ2) is 8.50. The maximum Gasteiger partial charge on any atom is 0.323 e. The number of carbonyl (C=O) groups excluding carboxylic acids is 1. The Morgan fingerprint density at radius 1 is 1.03 bits per heavy atom. The van der Waals surface area contributed by atoms with Crippen LogP contribution in [-0.4, -0.2) is 63.0 Å². The van der Waals surface area contributed by atoms with Crippen LogP contribution in [0.25, 0.3) is 11.0 Å². The summed E-state index contributed by atoms with van der Waals surface area (Å²) in [7, 11) is 0. The van der Waals surface area contributed by atoms with E-state index in [2.05, 4.69) is 43.9 Å². The molecular weight excluding hydrogens is 394 g/mol. The van der Waals surface area contributed by atoms with E-state index in [1.807, 2.05) is 19.9 Å². The molecule has 0 spiro atoms. The number of anilines is 2. The van der Waals surface area contributed by atoms with E-state index in [0.29, 0.717) is 16.7 Å². The summed E-state index contributed by atoms with van der Waals surface area (Å²) in [4.78, 5) is 43.3. The lowest BCUT2D eigenvalue weighted by atomic mass is 10.2. The van der Waals surface area contributed by atoms with E-state index < -0.39 is 0 Å². The number of amides is 1. The third-order valence-electron chi connectivity index (χ3n) is 5.72. The van der Waals surface area contributed by atoms with E-state index in [9.17, 15) is 9.59 Å². The van der Waals surface area contributed by atoms with Crippen LogP contribution in [0.15, 0.2) is 29.1 Å². The zero-order chi connectivity index (χ0) is 22.1. The Hall–Kier alpha value is -3.20. The van der Waals surface area contributed by atoms with Gasteiger partial charge in [0.25, 0.3) is 0 Å². The van der Waals surface area contributed by atoms with Crippen molar-refractivity contribution in [2.75, 3.05) is 36.4 Å². The van der Waals surface area contributed by atoms with Gasteiger partial charge in [-0.2, -0.15) is 0 Å². The number of imidazole rings is 1. The SMILES string of the molecule is Cc1cc(N2CCN([C@@H](C)C(=O)Nc3ccc4[nH]c(=O)[nH]c4c3)CC2)nc(C(C)C)n1. The molecular formula is C22H29N7O2. The van der Waals surface area contributed by atoms with Crippen LogP contribution in [0, 0.1) is 6.92 Å². The van der Waals surface area contributed by atoms with Crippen molar-refractivity contribution in [3.8, 4) is 0 Å². The van der Waals surface area contributed by atoms with E-state index in [1.54, 1.807) is 18.2 Å². The first kappa shape index (κ1) is 21.0. The van der Waals surface area contributed by atoms with Gasteiger partial charge in [-0.05, 0) is 32.0 Å². The fraction of sp³-hybridized carbons (Fsp3) is 0.455. The predicted molar refractivity (Wildman–Crippen MR) is 122 cm³/mol. The van der Waals surface area contributed by atoms with Crippen molar-refractivity contribution in [1.29, 1.82) is 0 Å². The third-order valence-corrected chi connectivity index (χ3v) is 5.72. The van der Waals surface area contributed by atoms with Crippen molar-refractivity contribution in [2.45, 2.75) is 39.7 Å². The molecule has 9 nitrogen and oxygen atoms in total. The van der Waals surface area contributed by atoms with E-state index >= 15 is 0 Å². The molecule has 9 heteroatoms. The molecule has 2 aromatic heterocycles. The average molecular weight is 424 g/mol. The molecule has 3 N–H and O–H groups in total. The standard InChI is InChI=1S/C22H29N7O2/c1-13(2)20-23-14(3)11-19(27-20)29-9-7-28(8-10-29)15(4)21(30)24-16-5-6-17-18(12-16)26-22(31)25-17/h5-6,11-13,15H,7-10H2,1-4H3,(H,24,30)(H2,25,26,31)/t15-/m0/s1. The second-order valence-corrected chi connectivity index (χ2v) is 8.41. The summed E-state index contributed by atoms with van der Waals surface area (Å²) >= 11 is 0. The smallest absolute Gasteiger partial charge is 0.323 e. The lowest BCUT2D eigenvalue weighted by Crippen LogP contribution is -2.53. The topological polar surface area (TPSA) is 110 Å². The molecule has 3 aromatic rings. The molecule has 0 radical (unpaired) electrons. The number of fused-ring (bicyclic) bond motifs is 1. The molecule has 0 bridgehead atoms. The molecule has 1 aliphatic rings. The maximum atomic E-state index is 12.8. The quantitative estimate of drug-likeness (QED) is 0.581. The Morgan fingerprint density at radius 2 is 1.74 bits per heavy atom. The van der Waals surface area contributed by atoms with Crippen molar-refractivity contribution in [3.05, 3.63) is 46.3 Å². The summed E-state index contributed by atoms with van der Waals surface area (Å²) in [5, 5.41) is 2.96. The molecule has 1 saturated heterocycles. The number of nitrogens with zero attached hydrogens (tertiary/aromatic N) is 4. The summed E-state index contributed by atoms with van der Waals surface area (Å²) in [6, 6.07) is 7.10. The molecule has 1 atom stereocenters. The van der Waals surface area contributed by atoms with Crippen molar-refractivity contribution >= 4 is 28.4 Å². The van der Waals surface area contributed by atoms with Gasteiger partial charge in [-0.1, -0.05) is 13.8 Å². The highest BCUT2D eigenvalue weighted by molar-refractivity contribution is 5.96. The Kier molecular flexibility index (Phi) is 5.77. The lowest BCUT2D eigenvalue weighted by Gasteiger charge is -2.38. The van der Waals surface area contributed by atoms with Crippen LogP contribution in [0.3, 0.4) is 0 Å². The zero-order valence-corrected chi connectivity index (χ0v) is 18.4. The van der Waals surface area contributed by atoms with Gasteiger partial charge in [-0.3, -0.25) is 9.69 Å². The number of piperazine rings is 1. The normalized spacial score (nSPS) is 16.1. The second-order valence-electron chi connectivity index (χ2n) is 8.41. The van der Waals surface area contributed by atoms with Crippen LogP contribution in [0.4, 0.5) is 11.5 Å². The predicted octanol–water partition coefficient (Wildman–Crippen LogP) is 2.23. The molecule has 1 amide bonds. The van der Waals surface area contributed by atoms with Gasteiger partial charge < -0.3 is 20.2 Å². The number of hydrogen-bond acceptors (Lipinski definition) is 6. The molecule has 1 aliphatic heterocycles. The first-order chi connectivity index (χ1) is 14.8. The van der Waals surface area contributed by atoms with Crippen molar-refractivity contribution in [2.24, 2.45) is 0 Å². The number of benzene rings is 1. The van der Waals surface area contributed by atoms with Gasteiger partial charge in [0, 0.05) is 49.5 Å². The van der Waals surface area contributed by atoms with Crippen LogP contribution in [0.5, 0.6) is 0 Å². The zero-order valence-electron chi connectivity index (χ0n) is 18.4. The van der Waals surface area contributed by atoms with Crippen LogP contribution < -0.4 is 15.9 Å². The minimum absolute atomic E-state index is 0.0642. The van der Waals surface area contributed by atoms with Crippen molar-refractivity contribution in [3.63, 3.8) is 0 Å². The molecule has 1 fully saturated rings. The fourth-order valence-corrected chi connectivity index (χ4v) is 3.86. The van der Waals surface area contributed by atoms with Gasteiger partial charge in [0.1, 0.15) is 11.6 Å². The fourth-order valence-electron chi connectivity index (χ4n) is 3.86. The van der Waals surface area contributed by atoms with Crippen LogP contribution in [0.2, 0.25) is 0 Å². The van der Waals surface area contributed by atoms with E-state index in [1.165, 1.54) is 0 Å². The van der Waals surface area contributed by atoms with Crippen molar-refractivity contribution in [1.82, 2.24) is 24.8 Å². The molecule has 0 saturated carbocycles. The summed E-state index contributed by atoms with van der Waals surface area (Å²) in [5.74, 6) is 2.05. The van der Waals surface area contributed by atoms with E-state index in [-0.39, 0.29) is 23.6 Å². The van der Waals surface area contributed by atoms with Crippen molar-refractivity contribution < 1.29 is 4.79 Å². The number of rotatable bonds is 5. The van der Waals surface area contributed by atoms with E-state index in [4.69, 9.17) is 4.98 Å². The van der Waals surface area contributed by atoms with Gasteiger partial charge in [0.2, 0.25) is 5.91 Å². The molecule has 31 heavy (non-hydrogen) atoms. The first-order valence-electron chi connectivity index (χ1n) is 10.7. The Balaban J connectivity index is 1.37. The molecule has 0 aliphatic carbocycles. The lowest BCUT2D eigenvalue weighted by molar-refractivity contribution is -0.120. The average Bonchev–Trinajstić information content (AvgIpc) is 3.12. The number of aromatic nitrogens is 4. The summed E-state index contributed by atoms with van der Waals surface area (Å²) in [6.45, 7) is 11.3. The van der Waals surface area contributed by atoms with Gasteiger partial charge in [0.05, 0.1) is 17.1 Å². The highest BCUT2D eigenvalue weighted by Crippen LogP contribution is 2.20. The van der Waals surface area contributed by atoms with Gasteiger partial charge in [0.15, 0.2) is 0 Å². The van der Waals surface area contributed by atoms with Gasteiger partial charge >= 0.3 is 5.69 Å². The minimum atomic E-state index is -0.263. The summed E-state index contributed by atoms with van der Waals surface area (Å²) in [5.41, 5.74) is 2.77. The third kappa shape index (κ3) is 4.61. The van der Waals surface area contributed by atoms with Crippen LogP contribution in [0.1, 0.15) is 38.2 Å². The summed E-state index contributed by atoms with van der Waals surface area (Å²) < 4.78 is 0. The number of nitrogens with one attached hydrogen (secondary N) is 3. The molecule has 1 aromatic carbocycles. The minimum Gasteiger partial charge on any atom is -0.354 e. The number of aryl methyl sites for hydroxylation is 1. The number of hydrogen-bond donors (Lipinski definition) is 3. The van der Waals surface area contributed by atoms with Crippen LogP contribution >= 0.6 is 0 Å². The largest absolute Gasteiger partial charge is 0.354 e. The van der Waals surface area contributed by atoms with Gasteiger partial charge in [-0.25, -0.2) is 14.8 Å². The number of H-pyrrole nitrogens is 2. The Bertz CT molecular complexity index is 1140. The number of aromatic amines is 2. The Morgan fingerprint density at radius 3 is 2.45 bits per heavy atom. The van der Waals surface area contributed by atoms with E-state index in [0.717, 1.165) is 43.5 Å². The molecule has 4 rings (SSSR count). The monoisotopic (exact) mass is 423 g/mol. The Labute approximate surface area is 180 Å². The molecule has 3 heterocycles.